The lowest BCUT2D eigenvalue weighted by Crippen LogP contribution is -2.45. The van der Waals surface area contributed by atoms with Crippen LogP contribution in [0.15, 0.2) is 12.2 Å². The zero-order chi connectivity index (χ0) is 46.5. The van der Waals surface area contributed by atoms with Crippen molar-refractivity contribution in [2.24, 2.45) is 0 Å². The highest BCUT2D eigenvalue weighted by atomic mass is 16.5. The molecular weight excluding hydrogens is 791 g/mol. The smallest absolute Gasteiger partial charge is 0.305 e. The van der Waals surface area contributed by atoms with Crippen molar-refractivity contribution in [1.82, 2.24) is 5.32 Å². The van der Waals surface area contributed by atoms with Crippen molar-refractivity contribution in [1.29, 1.82) is 0 Å². The van der Waals surface area contributed by atoms with Crippen molar-refractivity contribution >= 4 is 11.9 Å². The fourth-order valence-corrected chi connectivity index (χ4v) is 9.11. The zero-order valence-corrected chi connectivity index (χ0v) is 43.3. The molecular formula is C58H113NO5. The highest BCUT2D eigenvalue weighted by molar-refractivity contribution is 5.76. The van der Waals surface area contributed by atoms with E-state index in [1.54, 1.807) is 0 Å². The number of nitrogens with one attached hydrogen (secondary N) is 1. The van der Waals surface area contributed by atoms with Crippen molar-refractivity contribution < 1.29 is 24.5 Å². The summed E-state index contributed by atoms with van der Waals surface area (Å²) >= 11 is 0. The molecule has 0 heterocycles. The SMILES string of the molecule is CCCCCCCCCCCCCC(=O)OCCCCCCCCCCCCCC/C=C\CCCCCCCCCCCCC(=O)NC(CO)C(O)CCCCCCCCCCCC. The Hall–Kier alpha value is -1.40. The van der Waals surface area contributed by atoms with E-state index in [0.29, 0.717) is 25.9 Å². The molecule has 0 saturated carbocycles. The van der Waals surface area contributed by atoms with E-state index in [2.05, 4.69) is 31.3 Å². The van der Waals surface area contributed by atoms with Gasteiger partial charge in [-0.3, -0.25) is 9.59 Å². The first-order valence-electron chi connectivity index (χ1n) is 28.9. The monoisotopic (exact) mass is 904 g/mol. The van der Waals surface area contributed by atoms with Crippen LogP contribution in [-0.2, 0) is 14.3 Å². The van der Waals surface area contributed by atoms with Gasteiger partial charge in [0.15, 0.2) is 0 Å². The number of carbonyl (C=O) groups is 2. The number of rotatable bonds is 54. The molecule has 0 saturated heterocycles. The Morgan fingerprint density at radius 3 is 1.11 bits per heavy atom. The lowest BCUT2D eigenvalue weighted by atomic mass is 10.0. The molecule has 0 spiro atoms. The van der Waals surface area contributed by atoms with E-state index in [0.717, 1.165) is 38.5 Å². The second kappa shape index (κ2) is 54.2. The van der Waals surface area contributed by atoms with Crippen LogP contribution in [0.5, 0.6) is 0 Å². The van der Waals surface area contributed by atoms with Crippen LogP contribution in [0.25, 0.3) is 0 Å². The van der Waals surface area contributed by atoms with Crippen LogP contribution in [-0.4, -0.2) is 47.4 Å². The van der Waals surface area contributed by atoms with Crippen LogP contribution in [0.4, 0.5) is 0 Å². The molecule has 6 nitrogen and oxygen atoms in total. The largest absolute Gasteiger partial charge is 0.466 e. The van der Waals surface area contributed by atoms with Crippen LogP contribution in [0, 0.1) is 0 Å². The number of allylic oxidation sites excluding steroid dienone is 2. The quantitative estimate of drug-likeness (QED) is 0.0321. The Bertz CT molecular complexity index is 955. The second-order valence-corrected chi connectivity index (χ2v) is 20.0. The fourth-order valence-electron chi connectivity index (χ4n) is 9.11. The topological polar surface area (TPSA) is 95.9 Å². The minimum absolute atomic E-state index is 0.0142. The maximum absolute atomic E-state index is 12.4. The summed E-state index contributed by atoms with van der Waals surface area (Å²) in [6.07, 6.45) is 63.6. The average Bonchev–Trinajstić information content (AvgIpc) is 3.29. The van der Waals surface area contributed by atoms with Gasteiger partial charge >= 0.3 is 5.97 Å². The number of aliphatic hydroxyl groups is 2. The van der Waals surface area contributed by atoms with Crippen molar-refractivity contribution in [2.45, 2.75) is 334 Å². The zero-order valence-electron chi connectivity index (χ0n) is 43.3. The van der Waals surface area contributed by atoms with Gasteiger partial charge in [-0.25, -0.2) is 0 Å². The maximum atomic E-state index is 12.4. The minimum atomic E-state index is -0.662. The van der Waals surface area contributed by atoms with E-state index in [4.69, 9.17) is 4.74 Å². The Morgan fingerprint density at radius 1 is 0.422 bits per heavy atom. The van der Waals surface area contributed by atoms with Gasteiger partial charge in [-0.15, -0.1) is 0 Å². The van der Waals surface area contributed by atoms with E-state index in [9.17, 15) is 19.8 Å². The summed E-state index contributed by atoms with van der Waals surface area (Å²) in [4.78, 5) is 24.4. The molecule has 6 heteroatoms. The minimum Gasteiger partial charge on any atom is -0.466 e. The number of hydrogen-bond donors (Lipinski definition) is 3. The summed E-state index contributed by atoms with van der Waals surface area (Å²) < 4.78 is 5.46. The van der Waals surface area contributed by atoms with Gasteiger partial charge in [0.1, 0.15) is 0 Å². The first-order valence-corrected chi connectivity index (χ1v) is 28.9. The molecule has 0 aliphatic heterocycles. The fraction of sp³-hybridized carbons (Fsp3) is 0.931. The predicted molar refractivity (Wildman–Crippen MR) is 278 cm³/mol. The van der Waals surface area contributed by atoms with Crippen LogP contribution in [0.1, 0.15) is 322 Å². The molecule has 1 amide bonds. The standard InChI is InChI=1S/C58H113NO5/c1-3-5-7-9-11-13-31-36-40-44-48-52-58(63)64-53-49-45-41-37-33-30-28-26-24-22-20-18-16-15-17-19-21-23-25-27-29-32-35-39-43-47-51-57(62)59-55(54-60)56(61)50-46-42-38-34-14-12-10-8-6-4-2/h15,17,55-56,60-61H,3-14,16,18-54H2,1-2H3,(H,59,62)/b17-15-. The number of aliphatic hydroxyl groups excluding tert-OH is 2. The second-order valence-electron chi connectivity index (χ2n) is 20.0. The molecule has 0 aromatic rings. The van der Waals surface area contributed by atoms with Gasteiger partial charge < -0.3 is 20.3 Å². The van der Waals surface area contributed by atoms with Gasteiger partial charge in [-0.05, 0) is 51.4 Å². The molecule has 64 heavy (non-hydrogen) atoms. The summed E-state index contributed by atoms with van der Waals surface area (Å²) in [7, 11) is 0. The van der Waals surface area contributed by atoms with Gasteiger partial charge in [-0.1, -0.05) is 270 Å². The molecule has 0 rings (SSSR count). The number of unbranched alkanes of at least 4 members (excludes halogenated alkanes) is 41. The molecule has 0 radical (unpaired) electrons. The van der Waals surface area contributed by atoms with Crippen LogP contribution < -0.4 is 5.32 Å². The average molecular weight is 905 g/mol. The molecule has 0 aliphatic carbocycles. The Balaban J connectivity index is 3.36. The van der Waals surface area contributed by atoms with Crippen molar-refractivity contribution in [3.05, 3.63) is 12.2 Å². The third-order valence-corrected chi connectivity index (χ3v) is 13.6. The normalized spacial score (nSPS) is 12.6. The molecule has 2 atom stereocenters. The first-order chi connectivity index (χ1) is 31.5. The number of esters is 1. The lowest BCUT2D eigenvalue weighted by molar-refractivity contribution is -0.143. The van der Waals surface area contributed by atoms with Crippen LogP contribution in [0.3, 0.4) is 0 Å². The van der Waals surface area contributed by atoms with Crippen molar-refractivity contribution in [3.63, 3.8) is 0 Å². The molecule has 3 N–H and O–H groups in total. The highest BCUT2D eigenvalue weighted by Gasteiger charge is 2.20. The van der Waals surface area contributed by atoms with Crippen LogP contribution >= 0.6 is 0 Å². The molecule has 0 aliphatic rings. The third-order valence-electron chi connectivity index (χ3n) is 13.6. The Kier molecular flexibility index (Phi) is 53.0. The van der Waals surface area contributed by atoms with E-state index in [-0.39, 0.29) is 18.5 Å². The number of ether oxygens (including phenoxy) is 1. The van der Waals surface area contributed by atoms with Gasteiger partial charge in [0.2, 0.25) is 5.91 Å². The summed E-state index contributed by atoms with van der Waals surface area (Å²) in [5.41, 5.74) is 0. The van der Waals surface area contributed by atoms with E-state index >= 15 is 0 Å². The van der Waals surface area contributed by atoms with Gasteiger partial charge in [0.25, 0.3) is 0 Å². The lowest BCUT2D eigenvalue weighted by Gasteiger charge is -2.22. The van der Waals surface area contributed by atoms with Crippen molar-refractivity contribution in [3.8, 4) is 0 Å². The van der Waals surface area contributed by atoms with Gasteiger partial charge in [0, 0.05) is 12.8 Å². The first kappa shape index (κ1) is 62.6. The summed E-state index contributed by atoms with van der Waals surface area (Å²) in [5.74, 6) is -0.0232. The van der Waals surface area contributed by atoms with E-state index in [1.165, 1.54) is 250 Å². The summed E-state index contributed by atoms with van der Waals surface area (Å²) in [5, 5.41) is 23.1. The number of hydrogen-bond acceptors (Lipinski definition) is 5. The molecule has 380 valence electrons. The molecule has 0 bridgehead atoms. The Labute approximate surface area is 399 Å². The molecule has 0 aromatic heterocycles. The molecule has 0 aromatic carbocycles. The number of amides is 1. The van der Waals surface area contributed by atoms with E-state index in [1.807, 2.05) is 0 Å². The maximum Gasteiger partial charge on any atom is 0.305 e. The highest BCUT2D eigenvalue weighted by Crippen LogP contribution is 2.17. The van der Waals surface area contributed by atoms with Gasteiger partial charge in [-0.2, -0.15) is 0 Å². The molecule has 0 fully saturated rings. The number of carbonyl (C=O) groups excluding carboxylic acids is 2. The summed E-state index contributed by atoms with van der Waals surface area (Å²) in [6.45, 7) is 4.95. The predicted octanol–water partition coefficient (Wildman–Crippen LogP) is 17.7. The molecule has 2 unspecified atom stereocenters. The summed E-state index contributed by atoms with van der Waals surface area (Å²) in [6, 6.07) is -0.540. The van der Waals surface area contributed by atoms with Gasteiger partial charge in [0.05, 0.1) is 25.4 Å². The van der Waals surface area contributed by atoms with Crippen molar-refractivity contribution in [2.75, 3.05) is 13.2 Å². The van der Waals surface area contributed by atoms with Crippen LogP contribution in [0.2, 0.25) is 0 Å². The van der Waals surface area contributed by atoms with E-state index < -0.39 is 12.1 Å². The third kappa shape index (κ3) is 50.0. The Morgan fingerprint density at radius 2 is 0.734 bits per heavy atom.